The third kappa shape index (κ3) is 7.06. The van der Waals surface area contributed by atoms with Crippen LogP contribution in [0, 0.1) is 29.1 Å². The van der Waals surface area contributed by atoms with E-state index in [1.54, 1.807) is 30.3 Å². The SMILES string of the molecule is CCCCOc1cc(F)c(CCc2ccc3c(F)c(CCc4cc(F)c(OC(F)F)c(F)c4)ccc3c2)c(F)c1. The first-order chi connectivity index (χ1) is 19.2. The Morgan fingerprint density at radius 1 is 0.700 bits per heavy atom. The molecule has 2 nitrogen and oxygen atoms in total. The molecule has 4 rings (SSSR count). The molecule has 0 aliphatic rings. The molecule has 0 aliphatic carbocycles. The Hall–Kier alpha value is -3.75. The topological polar surface area (TPSA) is 18.5 Å². The van der Waals surface area contributed by atoms with Crippen molar-refractivity contribution in [1.82, 2.24) is 0 Å². The molecule has 4 aromatic rings. The van der Waals surface area contributed by atoms with Crippen molar-refractivity contribution in [3.05, 3.63) is 106 Å². The van der Waals surface area contributed by atoms with E-state index >= 15 is 4.39 Å². The van der Waals surface area contributed by atoms with Gasteiger partial charge in [0.1, 0.15) is 23.2 Å². The van der Waals surface area contributed by atoms with Crippen LogP contribution in [0.2, 0.25) is 0 Å². The van der Waals surface area contributed by atoms with Gasteiger partial charge < -0.3 is 9.47 Å². The Morgan fingerprint density at radius 3 is 2.02 bits per heavy atom. The van der Waals surface area contributed by atoms with E-state index in [4.69, 9.17) is 4.74 Å². The van der Waals surface area contributed by atoms with Crippen molar-refractivity contribution in [2.75, 3.05) is 6.61 Å². The summed E-state index contributed by atoms with van der Waals surface area (Å²) in [7, 11) is 0. The minimum Gasteiger partial charge on any atom is -0.493 e. The fourth-order valence-electron chi connectivity index (χ4n) is 4.48. The molecule has 0 atom stereocenters. The third-order valence-electron chi connectivity index (χ3n) is 6.59. The maximum atomic E-state index is 15.2. The van der Waals surface area contributed by atoms with Gasteiger partial charge >= 0.3 is 6.61 Å². The summed E-state index contributed by atoms with van der Waals surface area (Å²) in [5, 5.41) is 0.912. The molecule has 0 aliphatic heterocycles. The average Bonchev–Trinajstić information content (AvgIpc) is 2.90. The Bertz CT molecular complexity index is 1440. The first-order valence-electron chi connectivity index (χ1n) is 12.9. The molecular weight excluding hydrogens is 537 g/mol. The monoisotopic (exact) mass is 564 g/mol. The summed E-state index contributed by atoms with van der Waals surface area (Å²) in [6, 6.07) is 12.4. The highest BCUT2D eigenvalue weighted by atomic mass is 19.3. The first kappa shape index (κ1) is 29.2. The van der Waals surface area contributed by atoms with Crippen molar-refractivity contribution in [1.29, 1.82) is 0 Å². The molecule has 0 amide bonds. The summed E-state index contributed by atoms with van der Waals surface area (Å²) in [5.41, 5.74) is 1.18. The van der Waals surface area contributed by atoms with E-state index in [0.717, 1.165) is 30.5 Å². The number of fused-ring (bicyclic) bond motifs is 1. The third-order valence-corrected chi connectivity index (χ3v) is 6.59. The van der Waals surface area contributed by atoms with Gasteiger partial charge in [-0.15, -0.1) is 0 Å². The molecule has 0 saturated carbocycles. The first-order valence-corrected chi connectivity index (χ1v) is 12.9. The lowest BCUT2D eigenvalue weighted by Crippen LogP contribution is -2.06. The van der Waals surface area contributed by atoms with E-state index in [1.807, 2.05) is 6.92 Å². The zero-order valence-corrected chi connectivity index (χ0v) is 21.7. The van der Waals surface area contributed by atoms with Gasteiger partial charge in [-0.25, -0.2) is 22.0 Å². The summed E-state index contributed by atoms with van der Waals surface area (Å²) >= 11 is 0. The Balaban J connectivity index is 1.43. The van der Waals surface area contributed by atoms with Crippen LogP contribution in [0.15, 0.2) is 54.6 Å². The molecule has 4 aromatic carbocycles. The molecular formula is C31H27F7O2. The van der Waals surface area contributed by atoms with Gasteiger partial charge in [-0.2, -0.15) is 8.78 Å². The van der Waals surface area contributed by atoms with Crippen molar-refractivity contribution in [2.45, 2.75) is 52.1 Å². The van der Waals surface area contributed by atoms with Crippen LogP contribution >= 0.6 is 0 Å². The second-order valence-corrected chi connectivity index (χ2v) is 9.43. The summed E-state index contributed by atoms with van der Waals surface area (Å²) < 4.78 is 106. The lowest BCUT2D eigenvalue weighted by molar-refractivity contribution is -0.0546. The maximum Gasteiger partial charge on any atom is 0.387 e. The summed E-state index contributed by atoms with van der Waals surface area (Å²) in [6.07, 6.45) is 2.28. The van der Waals surface area contributed by atoms with E-state index in [0.29, 0.717) is 29.4 Å². The molecule has 0 aromatic heterocycles. The van der Waals surface area contributed by atoms with Gasteiger partial charge in [-0.3, -0.25) is 0 Å². The predicted octanol–water partition coefficient (Wildman–Crippen LogP) is 8.89. The van der Waals surface area contributed by atoms with Crippen LogP contribution in [0.1, 0.15) is 42.0 Å². The Kier molecular flexibility index (Phi) is 9.55. The molecule has 40 heavy (non-hydrogen) atoms. The van der Waals surface area contributed by atoms with Gasteiger partial charge in [0.05, 0.1) is 6.61 Å². The van der Waals surface area contributed by atoms with Crippen molar-refractivity contribution in [3.63, 3.8) is 0 Å². The zero-order chi connectivity index (χ0) is 28.8. The average molecular weight is 565 g/mol. The number of hydrogen-bond donors (Lipinski definition) is 0. The fourth-order valence-corrected chi connectivity index (χ4v) is 4.48. The second-order valence-electron chi connectivity index (χ2n) is 9.43. The smallest absolute Gasteiger partial charge is 0.387 e. The molecule has 0 saturated heterocycles. The van der Waals surface area contributed by atoms with Gasteiger partial charge in [0.2, 0.25) is 0 Å². The van der Waals surface area contributed by atoms with Crippen LogP contribution in [0.5, 0.6) is 11.5 Å². The van der Waals surface area contributed by atoms with Gasteiger partial charge in [-0.1, -0.05) is 43.7 Å². The van der Waals surface area contributed by atoms with Gasteiger partial charge in [0.15, 0.2) is 17.4 Å². The molecule has 212 valence electrons. The van der Waals surface area contributed by atoms with Gasteiger partial charge in [-0.05, 0) is 66.3 Å². The minimum absolute atomic E-state index is 0.0499. The number of ether oxygens (including phenoxy) is 2. The van der Waals surface area contributed by atoms with E-state index in [1.165, 1.54) is 12.1 Å². The molecule has 0 heterocycles. The zero-order valence-electron chi connectivity index (χ0n) is 21.7. The molecule has 0 N–H and O–H groups in total. The van der Waals surface area contributed by atoms with Crippen LogP contribution in [0.4, 0.5) is 30.7 Å². The quantitative estimate of drug-likeness (QED) is 0.126. The Labute approximate surface area is 227 Å². The van der Waals surface area contributed by atoms with Crippen LogP contribution in [-0.4, -0.2) is 13.2 Å². The number of hydrogen-bond acceptors (Lipinski definition) is 2. The van der Waals surface area contributed by atoms with E-state index in [-0.39, 0.29) is 36.1 Å². The largest absolute Gasteiger partial charge is 0.493 e. The predicted molar refractivity (Wildman–Crippen MR) is 138 cm³/mol. The highest BCUT2D eigenvalue weighted by Gasteiger charge is 2.18. The van der Waals surface area contributed by atoms with Crippen molar-refractivity contribution in [2.24, 2.45) is 0 Å². The highest BCUT2D eigenvalue weighted by Crippen LogP contribution is 2.28. The minimum atomic E-state index is -3.37. The van der Waals surface area contributed by atoms with E-state index in [2.05, 4.69) is 4.74 Å². The number of unbranched alkanes of at least 4 members (excludes halogenated alkanes) is 1. The molecule has 0 fully saturated rings. The Morgan fingerprint density at radius 2 is 1.38 bits per heavy atom. The van der Waals surface area contributed by atoms with Crippen molar-refractivity contribution < 1.29 is 40.2 Å². The van der Waals surface area contributed by atoms with Crippen LogP contribution in [0.3, 0.4) is 0 Å². The maximum absolute atomic E-state index is 15.2. The van der Waals surface area contributed by atoms with E-state index in [9.17, 15) is 26.3 Å². The highest BCUT2D eigenvalue weighted by molar-refractivity contribution is 5.84. The standard InChI is InChI=1S/C31H27F7O2/c1-2-3-12-39-22-16-25(32)24(26(33)17-22)11-6-18-5-10-23-21(13-18)9-8-20(29(23)36)7-4-19-14-27(34)30(28(35)15-19)40-31(37)38/h5,8-10,13-17,31H,2-4,6-7,11-12H2,1H3. The van der Waals surface area contributed by atoms with Gasteiger partial charge in [0, 0.05) is 23.1 Å². The molecule has 0 unspecified atom stereocenters. The number of halogens is 7. The van der Waals surface area contributed by atoms with Crippen molar-refractivity contribution in [3.8, 4) is 11.5 Å². The molecule has 9 heteroatoms. The number of aryl methyl sites for hydroxylation is 3. The van der Waals surface area contributed by atoms with Gasteiger partial charge in [0.25, 0.3) is 0 Å². The lowest BCUT2D eigenvalue weighted by atomic mass is 9.97. The number of rotatable bonds is 12. The number of alkyl halides is 2. The normalized spacial score (nSPS) is 11.4. The summed E-state index contributed by atoms with van der Waals surface area (Å²) in [5.74, 6) is -5.41. The second kappa shape index (κ2) is 13.1. The summed E-state index contributed by atoms with van der Waals surface area (Å²) in [4.78, 5) is 0. The van der Waals surface area contributed by atoms with Crippen LogP contribution in [0.25, 0.3) is 10.8 Å². The van der Waals surface area contributed by atoms with E-state index < -0.39 is 41.4 Å². The van der Waals surface area contributed by atoms with Crippen LogP contribution < -0.4 is 9.47 Å². The fraction of sp³-hybridized carbons (Fsp3) is 0.290. The number of benzene rings is 4. The lowest BCUT2D eigenvalue weighted by Gasteiger charge is -2.12. The van der Waals surface area contributed by atoms with Crippen molar-refractivity contribution >= 4 is 10.8 Å². The molecule has 0 spiro atoms. The molecule has 0 radical (unpaired) electrons. The van der Waals surface area contributed by atoms with Crippen LogP contribution in [-0.2, 0) is 25.7 Å². The summed E-state index contributed by atoms with van der Waals surface area (Å²) in [6.45, 7) is -1.000. The molecule has 0 bridgehead atoms.